The SMILES string of the molecule is COc1cc([N+](=O)[O-])ccc1OC[C@H](O[Si](C)(C)C(C)(C)C)C1CC1. The summed E-state index contributed by atoms with van der Waals surface area (Å²) in [4.78, 5) is 10.4. The maximum absolute atomic E-state index is 10.9. The number of ether oxygens (including phenoxy) is 2. The van der Waals surface area contributed by atoms with Gasteiger partial charge in [-0.25, -0.2) is 0 Å². The minimum absolute atomic E-state index is 0.0135. The molecule has 0 aliphatic heterocycles. The van der Waals surface area contributed by atoms with E-state index < -0.39 is 13.2 Å². The Kier molecular flexibility index (Phi) is 5.78. The second-order valence-corrected chi connectivity index (χ2v) is 12.9. The van der Waals surface area contributed by atoms with E-state index in [4.69, 9.17) is 13.9 Å². The second-order valence-electron chi connectivity index (χ2n) is 8.16. The molecule has 0 amide bonds. The number of benzene rings is 1. The van der Waals surface area contributed by atoms with Crippen LogP contribution in [-0.4, -0.2) is 33.1 Å². The van der Waals surface area contributed by atoms with Crippen LogP contribution in [0, 0.1) is 16.0 Å². The number of nitrogens with zero attached hydrogens (tertiary/aromatic N) is 1. The van der Waals surface area contributed by atoms with E-state index in [1.807, 2.05) is 0 Å². The van der Waals surface area contributed by atoms with Crippen LogP contribution in [0.1, 0.15) is 33.6 Å². The average molecular weight is 368 g/mol. The Bertz CT molecular complexity index is 622. The smallest absolute Gasteiger partial charge is 0.273 e. The van der Waals surface area contributed by atoms with E-state index in [2.05, 4.69) is 33.9 Å². The van der Waals surface area contributed by atoms with Crippen LogP contribution in [0.3, 0.4) is 0 Å². The van der Waals surface area contributed by atoms with Gasteiger partial charge < -0.3 is 13.9 Å². The van der Waals surface area contributed by atoms with Crippen LogP contribution in [0.15, 0.2) is 18.2 Å². The molecule has 2 rings (SSSR count). The molecule has 0 heterocycles. The Morgan fingerprint density at radius 2 is 1.92 bits per heavy atom. The highest BCUT2D eigenvalue weighted by molar-refractivity contribution is 6.74. The van der Waals surface area contributed by atoms with Gasteiger partial charge in [-0.05, 0) is 43.0 Å². The third-order valence-corrected chi connectivity index (χ3v) is 9.67. The molecule has 0 bridgehead atoms. The van der Waals surface area contributed by atoms with Gasteiger partial charge in [0.25, 0.3) is 5.69 Å². The van der Waals surface area contributed by atoms with Crippen molar-refractivity contribution >= 4 is 14.0 Å². The van der Waals surface area contributed by atoms with Gasteiger partial charge in [0.1, 0.15) is 6.61 Å². The Balaban J connectivity index is 2.08. The van der Waals surface area contributed by atoms with Gasteiger partial charge in [-0.2, -0.15) is 0 Å². The molecular formula is C18H29NO5Si. The van der Waals surface area contributed by atoms with Crippen molar-refractivity contribution in [2.24, 2.45) is 5.92 Å². The van der Waals surface area contributed by atoms with Crippen molar-refractivity contribution in [1.82, 2.24) is 0 Å². The third kappa shape index (κ3) is 4.95. The fraction of sp³-hybridized carbons (Fsp3) is 0.667. The molecular weight excluding hydrogens is 338 g/mol. The van der Waals surface area contributed by atoms with E-state index in [-0.39, 0.29) is 16.8 Å². The number of non-ortho nitro benzene ring substituents is 1. The molecule has 0 spiro atoms. The van der Waals surface area contributed by atoms with E-state index in [0.29, 0.717) is 24.0 Å². The highest BCUT2D eigenvalue weighted by Gasteiger charge is 2.43. The minimum atomic E-state index is -1.88. The number of hydrogen-bond acceptors (Lipinski definition) is 5. The van der Waals surface area contributed by atoms with Crippen molar-refractivity contribution < 1.29 is 18.8 Å². The standard InChI is InChI=1S/C18H29NO5Si/c1-18(2,3)25(5,6)24-17(13-7-8-13)12-23-15-10-9-14(19(20)21)11-16(15)22-4/h9-11,13,17H,7-8,12H2,1-6H3/t17-/m0/s1. The molecule has 1 aromatic rings. The fourth-order valence-corrected chi connectivity index (χ4v) is 3.72. The molecule has 1 aliphatic rings. The second kappa shape index (κ2) is 7.33. The zero-order chi connectivity index (χ0) is 18.8. The van der Waals surface area contributed by atoms with Gasteiger partial charge in [-0.15, -0.1) is 0 Å². The first-order valence-corrected chi connectivity index (χ1v) is 11.6. The highest BCUT2D eigenvalue weighted by atomic mass is 28.4. The first-order valence-electron chi connectivity index (χ1n) is 8.68. The van der Waals surface area contributed by atoms with Crippen molar-refractivity contribution in [3.05, 3.63) is 28.3 Å². The van der Waals surface area contributed by atoms with Crippen LogP contribution in [0.4, 0.5) is 5.69 Å². The maximum Gasteiger partial charge on any atom is 0.273 e. The zero-order valence-corrected chi connectivity index (χ0v) is 17.0. The summed E-state index contributed by atoms with van der Waals surface area (Å²) in [6.07, 6.45) is 2.39. The van der Waals surface area contributed by atoms with Crippen LogP contribution in [0.5, 0.6) is 11.5 Å². The molecule has 6 nitrogen and oxygen atoms in total. The number of nitro groups is 1. The van der Waals surface area contributed by atoms with Gasteiger partial charge in [0.05, 0.1) is 24.2 Å². The van der Waals surface area contributed by atoms with Crippen molar-refractivity contribution in [3.8, 4) is 11.5 Å². The van der Waals surface area contributed by atoms with Crippen molar-refractivity contribution in [2.45, 2.75) is 57.8 Å². The molecule has 0 saturated heterocycles. The maximum atomic E-state index is 10.9. The summed E-state index contributed by atoms with van der Waals surface area (Å²) in [5.74, 6) is 1.42. The predicted octanol–water partition coefficient (Wildman–Crippen LogP) is 4.78. The minimum Gasteiger partial charge on any atom is -0.493 e. The van der Waals surface area contributed by atoms with Gasteiger partial charge in [-0.1, -0.05) is 20.8 Å². The molecule has 1 aromatic carbocycles. The quantitative estimate of drug-likeness (QED) is 0.375. The Morgan fingerprint density at radius 3 is 2.40 bits per heavy atom. The summed E-state index contributed by atoms with van der Waals surface area (Å²) in [6.45, 7) is 11.6. The zero-order valence-electron chi connectivity index (χ0n) is 16.0. The van der Waals surface area contributed by atoms with Crippen LogP contribution in [-0.2, 0) is 4.43 Å². The van der Waals surface area contributed by atoms with Gasteiger partial charge in [-0.3, -0.25) is 10.1 Å². The van der Waals surface area contributed by atoms with E-state index in [1.54, 1.807) is 6.07 Å². The summed E-state index contributed by atoms with van der Waals surface area (Å²) in [7, 11) is -0.393. The first-order chi connectivity index (χ1) is 11.5. The molecule has 0 radical (unpaired) electrons. The molecule has 0 N–H and O–H groups in total. The number of nitro benzene ring substituents is 1. The fourth-order valence-electron chi connectivity index (χ4n) is 2.35. The lowest BCUT2D eigenvalue weighted by atomic mass is 10.2. The number of hydrogen-bond donors (Lipinski definition) is 0. The van der Waals surface area contributed by atoms with Crippen LogP contribution < -0.4 is 9.47 Å². The van der Waals surface area contributed by atoms with Crippen molar-refractivity contribution in [2.75, 3.05) is 13.7 Å². The van der Waals surface area contributed by atoms with Gasteiger partial charge in [0.2, 0.25) is 0 Å². The van der Waals surface area contributed by atoms with E-state index in [1.165, 1.54) is 32.1 Å². The summed E-state index contributed by atoms with van der Waals surface area (Å²) >= 11 is 0. The summed E-state index contributed by atoms with van der Waals surface area (Å²) < 4.78 is 17.7. The van der Waals surface area contributed by atoms with Gasteiger partial charge in [0, 0.05) is 6.07 Å². The molecule has 1 aliphatic carbocycles. The molecule has 140 valence electrons. The lowest BCUT2D eigenvalue weighted by Gasteiger charge is -2.39. The highest BCUT2D eigenvalue weighted by Crippen LogP contribution is 2.42. The van der Waals surface area contributed by atoms with Crippen molar-refractivity contribution in [3.63, 3.8) is 0 Å². The first kappa shape index (κ1) is 19.7. The Hall–Kier alpha value is -1.60. The lowest BCUT2D eigenvalue weighted by molar-refractivity contribution is -0.385. The number of rotatable bonds is 8. The van der Waals surface area contributed by atoms with Gasteiger partial charge >= 0.3 is 0 Å². The Labute approximate surface area is 150 Å². The summed E-state index contributed by atoms with van der Waals surface area (Å²) in [5.41, 5.74) is -0.0135. The van der Waals surface area contributed by atoms with Crippen LogP contribution in [0.25, 0.3) is 0 Å². The molecule has 25 heavy (non-hydrogen) atoms. The molecule has 7 heteroatoms. The molecule has 1 atom stereocenters. The summed E-state index contributed by atoms with van der Waals surface area (Å²) in [6, 6.07) is 4.40. The average Bonchev–Trinajstić information content (AvgIpc) is 3.34. The van der Waals surface area contributed by atoms with Crippen LogP contribution >= 0.6 is 0 Å². The molecule has 1 saturated carbocycles. The third-order valence-electron chi connectivity index (χ3n) is 5.16. The normalized spacial score (nSPS) is 16.4. The molecule has 0 aromatic heterocycles. The molecule has 1 fully saturated rings. The van der Waals surface area contributed by atoms with E-state index >= 15 is 0 Å². The van der Waals surface area contributed by atoms with E-state index in [0.717, 1.165) is 0 Å². The number of methoxy groups -OCH3 is 1. The van der Waals surface area contributed by atoms with Gasteiger partial charge in [0.15, 0.2) is 19.8 Å². The largest absolute Gasteiger partial charge is 0.493 e. The van der Waals surface area contributed by atoms with Crippen LogP contribution in [0.2, 0.25) is 18.1 Å². The summed E-state index contributed by atoms with van der Waals surface area (Å²) in [5, 5.41) is 11.0. The van der Waals surface area contributed by atoms with Crippen molar-refractivity contribution in [1.29, 1.82) is 0 Å². The van der Waals surface area contributed by atoms with E-state index in [9.17, 15) is 10.1 Å². The monoisotopic (exact) mass is 367 g/mol. The molecule has 0 unspecified atom stereocenters. The Morgan fingerprint density at radius 1 is 1.28 bits per heavy atom. The topological polar surface area (TPSA) is 70.8 Å². The lowest BCUT2D eigenvalue weighted by Crippen LogP contribution is -2.46. The predicted molar refractivity (Wildman–Crippen MR) is 99.9 cm³/mol.